The average Bonchev–Trinajstić information content (AvgIpc) is 3.18. The lowest BCUT2D eigenvalue weighted by Crippen LogP contribution is -2.50. The van der Waals surface area contributed by atoms with Crippen LogP contribution in [0.5, 0.6) is 0 Å². The minimum absolute atomic E-state index is 0.0901. The van der Waals surface area contributed by atoms with E-state index in [2.05, 4.69) is 32.0 Å². The molecule has 0 spiro atoms. The summed E-state index contributed by atoms with van der Waals surface area (Å²) in [6.45, 7) is 6.90. The lowest BCUT2D eigenvalue weighted by Gasteiger charge is -2.36. The maximum absolute atomic E-state index is 11.9. The van der Waals surface area contributed by atoms with Crippen molar-refractivity contribution in [2.24, 2.45) is 0 Å². The van der Waals surface area contributed by atoms with Crippen LogP contribution in [-0.2, 0) is 9.47 Å². The lowest BCUT2D eigenvalue weighted by atomic mass is 9.87. The molecule has 1 aliphatic heterocycles. The number of carbonyl (C=O) groups is 1. The molecule has 4 rings (SSSR count). The topological polar surface area (TPSA) is 121 Å². The zero-order chi connectivity index (χ0) is 22.0. The third-order valence-electron chi connectivity index (χ3n) is 5.31. The van der Waals surface area contributed by atoms with Crippen molar-refractivity contribution in [3.63, 3.8) is 0 Å². The molecule has 1 saturated heterocycles. The Morgan fingerprint density at radius 1 is 1.23 bits per heavy atom. The van der Waals surface area contributed by atoms with Crippen molar-refractivity contribution in [1.29, 1.82) is 5.26 Å². The van der Waals surface area contributed by atoms with Crippen molar-refractivity contribution in [2.45, 2.75) is 63.8 Å². The molecule has 0 bridgehead atoms. The summed E-state index contributed by atoms with van der Waals surface area (Å²) < 4.78 is 10.7. The van der Waals surface area contributed by atoms with Gasteiger partial charge in [0.25, 0.3) is 0 Å². The van der Waals surface area contributed by atoms with Crippen molar-refractivity contribution in [1.82, 2.24) is 15.3 Å². The zero-order valence-electron chi connectivity index (χ0n) is 18.1. The average molecular weight is 425 g/mol. The maximum atomic E-state index is 11.9. The number of amides is 1. The number of nitrogens with zero attached hydrogens (tertiary/aromatic N) is 3. The van der Waals surface area contributed by atoms with Crippen LogP contribution < -0.4 is 16.0 Å². The highest BCUT2D eigenvalue weighted by Gasteiger charge is 2.32. The summed E-state index contributed by atoms with van der Waals surface area (Å²) in [7, 11) is 0. The molecule has 31 heavy (non-hydrogen) atoms. The van der Waals surface area contributed by atoms with Crippen LogP contribution in [0.1, 0.15) is 45.7 Å². The van der Waals surface area contributed by atoms with Crippen LogP contribution in [0.25, 0.3) is 10.8 Å². The third kappa shape index (κ3) is 5.33. The molecule has 2 aromatic heterocycles. The highest BCUT2D eigenvalue weighted by molar-refractivity contribution is 5.93. The molecule has 1 atom stereocenters. The second-order valence-electron chi connectivity index (χ2n) is 9.12. The minimum atomic E-state index is -0.504. The number of hydrogen-bond acceptors (Lipinski definition) is 8. The molecule has 2 fully saturated rings. The van der Waals surface area contributed by atoms with E-state index in [1.807, 2.05) is 26.8 Å². The van der Waals surface area contributed by atoms with Gasteiger partial charge in [-0.25, -0.2) is 14.8 Å². The van der Waals surface area contributed by atoms with Gasteiger partial charge in [0.05, 0.1) is 12.6 Å². The minimum Gasteiger partial charge on any atom is -0.444 e. The van der Waals surface area contributed by atoms with Crippen LogP contribution in [0.3, 0.4) is 0 Å². The van der Waals surface area contributed by atoms with Crippen LogP contribution in [0.4, 0.5) is 16.4 Å². The monoisotopic (exact) mass is 424 g/mol. The van der Waals surface area contributed by atoms with Crippen molar-refractivity contribution >= 4 is 28.5 Å². The first-order valence-electron chi connectivity index (χ1n) is 10.6. The summed E-state index contributed by atoms with van der Waals surface area (Å²) in [6.07, 6.45) is 3.88. The molecule has 1 aliphatic carbocycles. The summed E-state index contributed by atoms with van der Waals surface area (Å²) in [5.74, 6) is 1.42. The fourth-order valence-electron chi connectivity index (χ4n) is 3.77. The summed E-state index contributed by atoms with van der Waals surface area (Å²) in [5, 5.41) is 20.8. The molecular weight excluding hydrogens is 396 g/mol. The first kappa shape index (κ1) is 21.1. The SMILES string of the molecule is CC(C)(C)OC(=O)NC1CC(Nc2cc3c(N[C@@H]4CCOC4)nc(C#N)cc3cn2)C1. The Labute approximate surface area is 181 Å². The highest BCUT2D eigenvalue weighted by Crippen LogP contribution is 2.29. The molecule has 0 radical (unpaired) electrons. The van der Waals surface area contributed by atoms with Gasteiger partial charge in [-0.3, -0.25) is 0 Å². The molecule has 164 valence electrons. The summed E-state index contributed by atoms with van der Waals surface area (Å²) in [4.78, 5) is 20.9. The number of nitriles is 1. The van der Waals surface area contributed by atoms with E-state index in [0.717, 1.165) is 42.5 Å². The number of hydrogen-bond donors (Lipinski definition) is 3. The predicted octanol–water partition coefficient (Wildman–Crippen LogP) is 3.17. The van der Waals surface area contributed by atoms with Gasteiger partial charge in [0.1, 0.15) is 29.0 Å². The molecule has 9 nitrogen and oxygen atoms in total. The Morgan fingerprint density at radius 3 is 2.71 bits per heavy atom. The van der Waals surface area contributed by atoms with Gasteiger partial charge in [0.2, 0.25) is 0 Å². The molecule has 3 heterocycles. The lowest BCUT2D eigenvalue weighted by molar-refractivity contribution is 0.0475. The number of carbonyl (C=O) groups excluding carboxylic acids is 1. The Morgan fingerprint density at radius 2 is 2.03 bits per heavy atom. The molecule has 1 amide bonds. The number of anilines is 2. The molecule has 9 heteroatoms. The van der Waals surface area contributed by atoms with E-state index in [1.165, 1.54) is 0 Å². The largest absolute Gasteiger partial charge is 0.444 e. The Balaban J connectivity index is 1.41. The van der Waals surface area contributed by atoms with E-state index < -0.39 is 5.60 Å². The van der Waals surface area contributed by atoms with Gasteiger partial charge >= 0.3 is 6.09 Å². The number of rotatable bonds is 5. The second kappa shape index (κ2) is 8.55. The molecule has 0 unspecified atom stereocenters. The van der Waals surface area contributed by atoms with Crippen molar-refractivity contribution < 1.29 is 14.3 Å². The van der Waals surface area contributed by atoms with Crippen LogP contribution in [0, 0.1) is 11.3 Å². The molecule has 2 aliphatic rings. The summed E-state index contributed by atoms with van der Waals surface area (Å²) in [6, 6.07) is 6.30. The van der Waals surface area contributed by atoms with Gasteiger partial charge in [-0.15, -0.1) is 0 Å². The quantitative estimate of drug-likeness (QED) is 0.669. The van der Waals surface area contributed by atoms with E-state index in [9.17, 15) is 10.1 Å². The first-order chi connectivity index (χ1) is 14.8. The van der Waals surface area contributed by atoms with Crippen LogP contribution >= 0.6 is 0 Å². The standard InChI is InChI=1S/C22H28N6O3/c1-22(2,3)31-21(29)28-16-7-15(8-16)25-19-9-18-13(11-24-19)6-17(10-23)27-20(18)26-14-4-5-30-12-14/h6,9,11,14-16H,4-5,7-8,12H2,1-3H3,(H,24,25)(H,26,27)(H,28,29)/t14-,15?,16?/m1/s1. The maximum Gasteiger partial charge on any atom is 0.407 e. The van der Waals surface area contributed by atoms with Gasteiger partial charge in [0, 0.05) is 35.7 Å². The Kier molecular flexibility index (Phi) is 5.83. The van der Waals surface area contributed by atoms with Crippen molar-refractivity contribution in [3.8, 4) is 6.07 Å². The van der Waals surface area contributed by atoms with Crippen molar-refractivity contribution in [2.75, 3.05) is 23.8 Å². The van der Waals surface area contributed by atoms with Crippen molar-refractivity contribution in [3.05, 3.63) is 24.0 Å². The Bertz CT molecular complexity index is 1000. The smallest absolute Gasteiger partial charge is 0.407 e. The first-order valence-corrected chi connectivity index (χ1v) is 10.6. The van der Waals surface area contributed by atoms with Crippen LogP contribution in [0.2, 0.25) is 0 Å². The van der Waals surface area contributed by atoms with E-state index in [4.69, 9.17) is 9.47 Å². The zero-order valence-corrected chi connectivity index (χ0v) is 18.1. The number of nitrogens with one attached hydrogen (secondary N) is 3. The molecule has 1 saturated carbocycles. The second-order valence-corrected chi connectivity index (χ2v) is 9.12. The van der Waals surface area contributed by atoms with E-state index >= 15 is 0 Å². The van der Waals surface area contributed by atoms with Crippen LogP contribution in [0.15, 0.2) is 18.3 Å². The molecule has 0 aromatic carbocycles. The van der Waals surface area contributed by atoms with E-state index in [1.54, 1.807) is 12.3 Å². The van der Waals surface area contributed by atoms with Gasteiger partial charge in [0.15, 0.2) is 0 Å². The van der Waals surface area contributed by atoms with Gasteiger partial charge < -0.3 is 25.4 Å². The van der Waals surface area contributed by atoms with E-state index in [-0.39, 0.29) is 24.2 Å². The number of aromatic nitrogens is 2. The van der Waals surface area contributed by atoms with Gasteiger partial charge in [-0.05, 0) is 52.2 Å². The summed E-state index contributed by atoms with van der Waals surface area (Å²) >= 11 is 0. The number of ether oxygens (including phenoxy) is 2. The number of pyridine rings is 2. The number of alkyl carbamates (subject to hydrolysis) is 1. The van der Waals surface area contributed by atoms with Gasteiger partial charge in [-0.2, -0.15) is 5.26 Å². The molecule has 2 aromatic rings. The highest BCUT2D eigenvalue weighted by atomic mass is 16.6. The van der Waals surface area contributed by atoms with Crippen LogP contribution in [-0.4, -0.2) is 53.0 Å². The molecular formula is C22H28N6O3. The normalized spacial score (nSPS) is 23.0. The fraction of sp³-hybridized carbons (Fsp3) is 0.545. The predicted molar refractivity (Wildman–Crippen MR) is 117 cm³/mol. The summed E-state index contributed by atoms with van der Waals surface area (Å²) in [5.41, 5.74) is -0.150. The third-order valence-corrected chi connectivity index (χ3v) is 5.31. The number of fused-ring (bicyclic) bond motifs is 1. The fourth-order valence-corrected chi connectivity index (χ4v) is 3.77. The van der Waals surface area contributed by atoms with Gasteiger partial charge in [-0.1, -0.05) is 0 Å². The molecule has 3 N–H and O–H groups in total. The Hall–Kier alpha value is -3.12. The van der Waals surface area contributed by atoms with E-state index in [0.29, 0.717) is 18.1 Å².